The van der Waals surface area contributed by atoms with Crippen LogP contribution in [0.4, 0.5) is 0 Å². The van der Waals surface area contributed by atoms with E-state index in [0.717, 1.165) is 9.13 Å². The van der Waals surface area contributed by atoms with Gasteiger partial charge in [0.15, 0.2) is 0 Å². The van der Waals surface area contributed by atoms with Crippen molar-refractivity contribution in [1.82, 2.24) is 10.6 Å². The van der Waals surface area contributed by atoms with Crippen molar-refractivity contribution >= 4 is 40.3 Å². The fourth-order valence-electron chi connectivity index (χ4n) is 1.94. The zero-order chi connectivity index (χ0) is 14.0. The Morgan fingerprint density at radius 1 is 1.37 bits per heavy atom. The highest BCUT2D eigenvalue weighted by Gasteiger charge is 2.28. The summed E-state index contributed by atoms with van der Waals surface area (Å²) in [6.07, 6.45) is 0.599. The first-order chi connectivity index (χ1) is 8.95. The van der Waals surface area contributed by atoms with Crippen LogP contribution < -0.4 is 10.6 Å². The molecule has 0 aliphatic carbocycles. The van der Waals surface area contributed by atoms with Crippen LogP contribution in [-0.2, 0) is 9.59 Å². The van der Waals surface area contributed by atoms with Gasteiger partial charge in [0, 0.05) is 15.6 Å². The summed E-state index contributed by atoms with van der Waals surface area (Å²) in [7, 11) is 0. The van der Waals surface area contributed by atoms with Crippen molar-refractivity contribution in [1.29, 1.82) is 0 Å². The van der Waals surface area contributed by atoms with Crippen molar-refractivity contribution in [3.8, 4) is 0 Å². The third kappa shape index (κ3) is 3.52. The second-order valence-corrected chi connectivity index (χ2v) is 5.74. The van der Waals surface area contributed by atoms with E-state index in [4.69, 9.17) is 0 Å². The average molecular weight is 372 g/mol. The van der Waals surface area contributed by atoms with E-state index in [1.807, 2.05) is 13.0 Å². The quantitative estimate of drug-likeness (QED) is 0.604. The van der Waals surface area contributed by atoms with Crippen molar-refractivity contribution in [3.63, 3.8) is 0 Å². The molecule has 100 valence electrons. The second kappa shape index (κ2) is 5.68. The first-order valence-corrected chi connectivity index (χ1v) is 6.95. The largest absolute Gasteiger partial charge is 0.340 e. The lowest BCUT2D eigenvalue weighted by Crippen LogP contribution is -2.52. The smallest absolute Gasteiger partial charge is 0.251 e. The monoisotopic (exact) mass is 372 g/mol. The van der Waals surface area contributed by atoms with Gasteiger partial charge in [0.05, 0.1) is 0 Å². The van der Waals surface area contributed by atoms with Gasteiger partial charge in [-0.25, -0.2) is 0 Å². The van der Waals surface area contributed by atoms with Crippen LogP contribution in [0, 0.1) is 10.5 Å². The van der Waals surface area contributed by atoms with Crippen molar-refractivity contribution < 1.29 is 14.4 Å². The summed E-state index contributed by atoms with van der Waals surface area (Å²) in [6.45, 7) is 1.91. The lowest BCUT2D eigenvalue weighted by atomic mass is 10.1. The zero-order valence-corrected chi connectivity index (χ0v) is 12.5. The molecule has 5 nitrogen and oxygen atoms in total. The summed E-state index contributed by atoms with van der Waals surface area (Å²) < 4.78 is 0.964. The Balaban J connectivity index is 2.08. The van der Waals surface area contributed by atoms with Crippen LogP contribution in [0.15, 0.2) is 18.2 Å². The number of amides is 3. The van der Waals surface area contributed by atoms with Crippen LogP contribution in [0.3, 0.4) is 0 Å². The summed E-state index contributed by atoms with van der Waals surface area (Å²) in [4.78, 5) is 34.6. The standard InChI is InChI=1S/C13H13IN2O3/c1-7-4-8(6-9(14)5-7)12(18)15-10-2-3-11(17)16-13(10)19/h4-6,10H,2-3H2,1H3,(H,15,18)(H,16,17,19). The number of rotatable bonds is 2. The molecular formula is C13H13IN2O3. The molecule has 0 radical (unpaired) electrons. The van der Waals surface area contributed by atoms with Gasteiger partial charge in [-0.3, -0.25) is 19.7 Å². The number of imide groups is 1. The van der Waals surface area contributed by atoms with Gasteiger partial charge in [0.1, 0.15) is 6.04 Å². The fourth-order valence-corrected chi connectivity index (χ4v) is 2.77. The van der Waals surface area contributed by atoms with E-state index in [1.165, 1.54) is 0 Å². The number of carbonyl (C=O) groups excluding carboxylic acids is 3. The Hall–Kier alpha value is -1.44. The number of hydrogen-bond acceptors (Lipinski definition) is 3. The molecule has 1 saturated heterocycles. The molecule has 0 aromatic heterocycles. The predicted octanol–water partition coefficient (Wildman–Crippen LogP) is 1.13. The minimum absolute atomic E-state index is 0.252. The number of carbonyl (C=O) groups is 3. The van der Waals surface area contributed by atoms with Crippen LogP contribution in [0.1, 0.15) is 28.8 Å². The van der Waals surface area contributed by atoms with E-state index < -0.39 is 11.9 Å². The molecule has 1 heterocycles. The maximum Gasteiger partial charge on any atom is 0.251 e. The van der Waals surface area contributed by atoms with E-state index in [2.05, 4.69) is 33.2 Å². The van der Waals surface area contributed by atoms with Crippen LogP contribution in [0.5, 0.6) is 0 Å². The van der Waals surface area contributed by atoms with Gasteiger partial charge in [-0.2, -0.15) is 0 Å². The molecule has 1 atom stereocenters. The van der Waals surface area contributed by atoms with Crippen LogP contribution in [-0.4, -0.2) is 23.8 Å². The molecule has 1 unspecified atom stereocenters. The molecule has 2 rings (SSSR count). The summed E-state index contributed by atoms with van der Waals surface area (Å²) in [5.74, 6) is -1.02. The highest BCUT2D eigenvalue weighted by Crippen LogP contribution is 2.13. The average Bonchev–Trinajstić information content (AvgIpc) is 2.31. The molecule has 0 bridgehead atoms. The maximum absolute atomic E-state index is 12.1. The van der Waals surface area contributed by atoms with E-state index in [9.17, 15) is 14.4 Å². The van der Waals surface area contributed by atoms with E-state index in [-0.39, 0.29) is 18.2 Å². The van der Waals surface area contributed by atoms with E-state index in [1.54, 1.807) is 12.1 Å². The predicted molar refractivity (Wildman–Crippen MR) is 77.5 cm³/mol. The van der Waals surface area contributed by atoms with Crippen LogP contribution in [0.25, 0.3) is 0 Å². The zero-order valence-electron chi connectivity index (χ0n) is 10.3. The molecular weight excluding hydrogens is 359 g/mol. The highest BCUT2D eigenvalue weighted by atomic mass is 127. The molecule has 3 amide bonds. The fraction of sp³-hybridized carbons (Fsp3) is 0.308. The Kier molecular flexibility index (Phi) is 4.18. The lowest BCUT2D eigenvalue weighted by molar-refractivity contribution is -0.134. The Morgan fingerprint density at radius 2 is 2.11 bits per heavy atom. The van der Waals surface area contributed by atoms with Gasteiger partial charge >= 0.3 is 0 Å². The van der Waals surface area contributed by atoms with Crippen molar-refractivity contribution in [2.75, 3.05) is 0 Å². The second-order valence-electron chi connectivity index (χ2n) is 4.49. The van der Waals surface area contributed by atoms with Gasteiger partial charge in [0.25, 0.3) is 5.91 Å². The molecule has 0 saturated carbocycles. The third-order valence-corrected chi connectivity index (χ3v) is 3.47. The van der Waals surface area contributed by atoms with Gasteiger partial charge in [-0.15, -0.1) is 0 Å². The normalized spacial score (nSPS) is 18.9. The topological polar surface area (TPSA) is 75.3 Å². The van der Waals surface area contributed by atoms with Gasteiger partial charge in [-0.05, 0) is 59.7 Å². The van der Waals surface area contributed by atoms with Gasteiger partial charge < -0.3 is 5.32 Å². The Bertz CT molecular complexity index is 537. The number of benzene rings is 1. The number of piperidine rings is 1. The lowest BCUT2D eigenvalue weighted by Gasteiger charge is -2.21. The first kappa shape index (κ1) is 14.0. The summed E-state index contributed by atoms with van der Waals surface area (Å²) >= 11 is 2.14. The molecule has 2 N–H and O–H groups in total. The molecule has 1 aromatic carbocycles. The SMILES string of the molecule is Cc1cc(I)cc(C(=O)NC2CCC(=O)NC2=O)c1. The van der Waals surface area contributed by atoms with Crippen molar-refractivity contribution in [3.05, 3.63) is 32.9 Å². The minimum Gasteiger partial charge on any atom is -0.340 e. The minimum atomic E-state index is -0.636. The number of nitrogens with one attached hydrogen (secondary N) is 2. The summed E-state index contributed by atoms with van der Waals surface area (Å²) in [5, 5.41) is 4.87. The molecule has 1 aliphatic heterocycles. The molecule has 6 heteroatoms. The molecule has 1 aliphatic rings. The van der Waals surface area contributed by atoms with E-state index in [0.29, 0.717) is 12.0 Å². The molecule has 1 aromatic rings. The van der Waals surface area contributed by atoms with Crippen LogP contribution >= 0.6 is 22.6 Å². The van der Waals surface area contributed by atoms with Crippen molar-refractivity contribution in [2.45, 2.75) is 25.8 Å². The third-order valence-electron chi connectivity index (χ3n) is 2.85. The maximum atomic E-state index is 12.1. The van der Waals surface area contributed by atoms with Crippen molar-refractivity contribution in [2.24, 2.45) is 0 Å². The molecule has 0 spiro atoms. The van der Waals surface area contributed by atoms with Crippen LogP contribution in [0.2, 0.25) is 0 Å². The number of halogens is 1. The number of aryl methyl sites for hydroxylation is 1. The molecule has 1 fully saturated rings. The Labute approximate surface area is 124 Å². The van der Waals surface area contributed by atoms with Gasteiger partial charge in [0.2, 0.25) is 11.8 Å². The Morgan fingerprint density at radius 3 is 2.74 bits per heavy atom. The first-order valence-electron chi connectivity index (χ1n) is 5.87. The number of hydrogen-bond donors (Lipinski definition) is 2. The molecule has 19 heavy (non-hydrogen) atoms. The highest BCUT2D eigenvalue weighted by molar-refractivity contribution is 14.1. The van der Waals surface area contributed by atoms with E-state index >= 15 is 0 Å². The summed E-state index contributed by atoms with van der Waals surface area (Å²) in [5.41, 5.74) is 1.51. The van der Waals surface area contributed by atoms with Gasteiger partial charge in [-0.1, -0.05) is 0 Å². The summed E-state index contributed by atoms with van der Waals surface area (Å²) in [6, 6.07) is 4.85.